The summed E-state index contributed by atoms with van der Waals surface area (Å²) in [5.41, 5.74) is 5.71. The summed E-state index contributed by atoms with van der Waals surface area (Å²) < 4.78 is 0. The van der Waals surface area contributed by atoms with Crippen LogP contribution >= 0.6 is 17.0 Å². The molecule has 1 nitrogen and oxygen atoms in total. The molecule has 0 heterocycles. The Morgan fingerprint density at radius 1 is 1.04 bits per heavy atom. The molecule has 0 bridgehead atoms. The molecule has 0 aromatic heterocycles. The predicted octanol–water partition coefficient (Wildman–Crippen LogP) is 6.60. The molecule has 0 saturated carbocycles. The third-order valence-electron chi connectivity index (χ3n) is 3.48. The Kier molecular flexibility index (Phi) is 8.61. The number of benzene rings is 2. The Hall–Kier alpha value is -0.557. The number of rotatable bonds is 2. The van der Waals surface area contributed by atoms with Crippen molar-refractivity contribution in [1.29, 1.82) is 0 Å². The van der Waals surface area contributed by atoms with E-state index in [1.165, 1.54) is 11.1 Å². The molecule has 0 aliphatic rings. The number of hydrogen-bond donors (Lipinski definition) is 0. The minimum atomic E-state index is -0.826. The first-order chi connectivity index (χ1) is 10.8. The van der Waals surface area contributed by atoms with Crippen LogP contribution in [0.1, 0.15) is 43.0 Å². The van der Waals surface area contributed by atoms with Crippen LogP contribution in [-0.4, -0.2) is 6.21 Å². The molecule has 2 aromatic rings. The van der Waals surface area contributed by atoms with Crippen LogP contribution in [0.15, 0.2) is 47.5 Å². The Morgan fingerprint density at radius 2 is 1.65 bits per heavy atom. The third kappa shape index (κ3) is 6.45. The van der Waals surface area contributed by atoms with Gasteiger partial charge in [-0.15, -0.1) is 23.3 Å². The Morgan fingerprint density at radius 3 is 2.22 bits per heavy atom. The van der Waals surface area contributed by atoms with Gasteiger partial charge in [0.2, 0.25) is 0 Å². The molecule has 0 unspecified atom stereocenters. The van der Waals surface area contributed by atoms with Gasteiger partial charge in [0.05, 0.1) is 5.69 Å². The summed E-state index contributed by atoms with van der Waals surface area (Å²) in [5.74, 6) is 0. The van der Waals surface area contributed by atoms with Crippen LogP contribution in [-0.2, 0) is 26.3 Å². The van der Waals surface area contributed by atoms with Crippen LogP contribution in [0.2, 0.25) is 0 Å². The summed E-state index contributed by atoms with van der Waals surface area (Å²) in [4.78, 5) is 4.60. The van der Waals surface area contributed by atoms with Crippen molar-refractivity contribution in [2.75, 3.05) is 0 Å². The van der Waals surface area contributed by atoms with Gasteiger partial charge in [0.15, 0.2) is 0 Å². The molecule has 0 amide bonds. The van der Waals surface area contributed by atoms with Crippen molar-refractivity contribution in [3.05, 3.63) is 71.6 Å². The Bertz CT molecular complexity index is 661. The molecule has 0 atom stereocenters. The molecule has 0 radical (unpaired) electrons. The van der Waals surface area contributed by atoms with Crippen LogP contribution in [0.3, 0.4) is 0 Å². The SMILES string of the molecule is [CH2-]c1c(C=Nc2ccccc2C)cccc1C(C)(C)C.[Cl][Zr][Cl]. The van der Waals surface area contributed by atoms with Crippen molar-refractivity contribution in [3.63, 3.8) is 0 Å². The summed E-state index contributed by atoms with van der Waals surface area (Å²) >= 11 is -0.826. The number of aliphatic imine (C=N–C) groups is 1. The molecule has 0 N–H and O–H groups in total. The topological polar surface area (TPSA) is 12.4 Å². The Balaban J connectivity index is 0.000000816. The van der Waals surface area contributed by atoms with E-state index in [-0.39, 0.29) is 5.41 Å². The molecule has 2 rings (SSSR count). The van der Waals surface area contributed by atoms with Crippen molar-refractivity contribution in [2.24, 2.45) is 4.99 Å². The van der Waals surface area contributed by atoms with Gasteiger partial charge in [0.25, 0.3) is 0 Å². The number of para-hydroxylation sites is 1. The fourth-order valence-corrected chi connectivity index (χ4v) is 2.28. The zero-order valence-corrected chi connectivity index (χ0v) is 18.0. The van der Waals surface area contributed by atoms with Gasteiger partial charge in [-0.3, -0.25) is 4.99 Å². The van der Waals surface area contributed by atoms with E-state index >= 15 is 0 Å². The molecule has 0 saturated heterocycles. The fourth-order valence-electron chi connectivity index (χ4n) is 2.28. The minimum absolute atomic E-state index is 0.101. The second-order valence-electron chi connectivity index (χ2n) is 6.24. The average molecular weight is 427 g/mol. The molecule has 23 heavy (non-hydrogen) atoms. The molecule has 4 heteroatoms. The van der Waals surface area contributed by atoms with Crippen molar-refractivity contribution in [3.8, 4) is 0 Å². The summed E-state index contributed by atoms with van der Waals surface area (Å²) in [6.07, 6.45) is 1.92. The van der Waals surface area contributed by atoms with Crippen LogP contribution in [0.4, 0.5) is 5.69 Å². The fraction of sp³-hybridized carbons (Fsp3) is 0.263. The van der Waals surface area contributed by atoms with Gasteiger partial charge < -0.3 is 0 Å². The van der Waals surface area contributed by atoms with Gasteiger partial charge in [0.1, 0.15) is 0 Å². The van der Waals surface area contributed by atoms with E-state index in [1.54, 1.807) is 0 Å². The summed E-state index contributed by atoms with van der Waals surface area (Å²) in [7, 11) is 9.87. The predicted molar refractivity (Wildman–Crippen MR) is 99.7 cm³/mol. The van der Waals surface area contributed by atoms with Crippen molar-refractivity contribution >= 4 is 28.9 Å². The first-order valence-electron chi connectivity index (χ1n) is 7.32. The molecule has 0 spiro atoms. The van der Waals surface area contributed by atoms with E-state index in [9.17, 15) is 0 Å². The van der Waals surface area contributed by atoms with Gasteiger partial charge in [-0.05, 0) is 24.8 Å². The second-order valence-corrected chi connectivity index (χ2v) is 9.97. The van der Waals surface area contributed by atoms with E-state index < -0.39 is 20.8 Å². The van der Waals surface area contributed by atoms with E-state index in [0.29, 0.717) is 0 Å². The summed E-state index contributed by atoms with van der Waals surface area (Å²) in [6, 6.07) is 14.4. The molecular formula is C19H22Cl2NZr-. The van der Waals surface area contributed by atoms with Crippen molar-refractivity contribution in [2.45, 2.75) is 33.1 Å². The van der Waals surface area contributed by atoms with Crippen LogP contribution in [0, 0.1) is 13.8 Å². The van der Waals surface area contributed by atoms with Gasteiger partial charge >= 0.3 is 37.9 Å². The number of nitrogens with zero attached hydrogens (tertiary/aromatic N) is 1. The molecule has 0 aliphatic carbocycles. The van der Waals surface area contributed by atoms with Crippen LogP contribution in [0.25, 0.3) is 0 Å². The first-order valence-corrected chi connectivity index (χ1v) is 13.7. The maximum absolute atomic E-state index is 4.93. The van der Waals surface area contributed by atoms with Gasteiger partial charge in [-0.1, -0.05) is 50.5 Å². The molecule has 0 fully saturated rings. The first kappa shape index (κ1) is 20.5. The molecular weight excluding hydrogens is 404 g/mol. The van der Waals surface area contributed by atoms with E-state index in [4.69, 9.17) is 17.0 Å². The van der Waals surface area contributed by atoms with E-state index in [1.807, 2.05) is 24.4 Å². The Labute approximate surface area is 158 Å². The third-order valence-corrected chi connectivity index (χ3v) is 3.48. The average Bonchev–Trinajstić information content (AvgIpc) is 2.47. The molecule has 122 valence electrons. The number of hydrogen-bond acceptors (Lipinski definition) is 1. The second kappa shape index (κ2) is 9.67. The maximum atomic E-state index is 4.93. The number of halogens is 2. The van der Waals surface area contributed by atoms with Crippen molar-refractivity contribution in [1.82, 2.24) is 0 Å². The zero-order chi connectivity index (χ0) is 17.5. The van der Waals surface area contributed by atoms with Crippen molar-refractivity contribution < 1.29 is 20.8 Å². The summed E-state index contributed by atoms with van der Waals surface area (Å²) in [6.45, 7) is 12.9. The van der Waals surface area contributed by atoms with E-state index in [2.05, 4.69) is 63.9 Å². The monoisotopic (exact) mass is 424 g/mol. The molecule has 0 aliphatic heterocycles. The van der Waals surface area contributed by atoms with Gasteiger partial charge in [-0.2, -0.15) is 12.5 Å². The van der Waals surface area contributed by atoms with E-state index in [0.717, 1.165) is 16.8 Å². The standard InChI is InChI=1S/C19H22N.2ClH.Zr/c1-14-9-6-7-12-18(14)20-13-16-10-8-11-17(15(16)2)19(3,4)5;;;/h6-13H,2H2,1,3-5H3;2*1H;/q-1;;;+2/p-2. The molecule has 2 aromatic carbocycles. The van der Waals surface area contributed by atoms with Gasteiger partial charge in [0, 0.05) is 0 Å². The summed E-state index contributed by atoms with van der Waals surface area (Å²) in [5, 5.41) is 0. The zero-order valence-electron chi connectivity index (χ0n) is 14.0. The normalized spacial score (nSPS) is 11.0. The quantitative estimate of drug-likeness (QED) is 0.379. The number of aryl methyl sites for hydroxylation is 1. The van der Waals surface area contributed by atoms with Gasteiger partial charge in [-0.25, -0.2) is 0 Å². The van der Waals surface area contributed by atoms with Crippen LogP contribution < -0.4 is 0 Å². The van der Waals surface area contributed by atoms with Crippen LogP contribution in [0.5, 0.6) is 0 Å².